The Labute approximate surface area is 183 Å². The molecule has 9 heteroatoms. The van der Waals surface area contributed by atoms with Crippen LogP contribution in [0.4, 0.5) is 5.95 Å². The van der Waals surface area contributed by atoms with E-state index in [4.69, 9.17) is 10.5 Å². The number of aromatic amines is 2. The number of hydrogen-bond acceptors (Lipinski definition) is 7. The van der Waals surface area contributed by atoms with E-state index in [1.807, 2.05) is 0 Å². The molecule has 2 aromatic heterocycles. The highest BCUT2D eigenvalue weighted by Gasteiger charge is 2.16. The normalized spacial score (nSPS) is 12.3. The lowest BCUT2D eigenvalue weighted by Gasteiger charge is -2.14. The molecule has 0 fully saturated rings. The molecule has 0 radical (unpaired) electrons. The maximum Gasteiger partial charge on any atom is 0.305 e. The first-order valence-electron chi connectivity index (χ1n) is 11.5. The lowest BCUT2D eigenvalue weighted by atomic mass is 10.0. The second kappa shape index (κ2) is 13.8. The Morgan fingerprint density at radius 1 is 1.06 bits per heavy atom. The van der Waals surface area contributed by atoms with E-state index in [0.29, 0.717) is 25.1 Å². The molecule has 1 unspecified atom stereocenters. The summed E-state index contributed by atoms with van der Waals surface area (Å²) in [5.41, 5.74) is 5.67. The highest BCUT2D eigenvalue weighted by Crippen LogP contribution is 2.15. The van der Waals surface area contributed by atoms with Gasteiger partial charge in [0.05, 0.1) is 6.61 Å². The van der Waals surface area contributed by atoms with Crippen LogP contribution >= 0.6 is 0 Å². The Balaban J connectivity index is 1.69. The van der Waals surface area contributed by atoms with Gasteiger partial charge in [-0.2, -0.15) is 4.98 Å². The van der Waals surface area contributed by atoms with Gasteiger partial charge in [-0.15, -0.1) is 0 Å². The molecule has 0 bridgehead atoms. The number of carbonyl (C=O) groups is 1. The van der Waals surface area contributed by atoms with Crippen molar-refractivity contribution < 1.29 is 14.6 Å². The first-order valence-corrected chi connectivity index (χ1v) is 11.5. The van der Waals surface area contributed by atoms with Gasteiger partial charge in [-0.05, 0) is 12.8 Å². The number of aromatic nitrogens is 4. The number of esters is 1. The predicted octanol–water partition coefficient (Wildman–Crippen LogP) is 3.23. The molecule has 2 heterocycles. The van der Waals surface area contributed by atoms with E-state index < -0.39 is 0 Å². The number of rotatable bonds is 16. The molecule has 0 saturated heterocycles. The zero-order chi connectivity index (χ0) is 22.5. The van der Waals surface area contributed by atoms with E-state index in [-0.39, 0.29) is 47.8 Å². The highest BCUT2D eigenvalue weighted by atomic mass is 16.5. The monoisotopic (exact) mass is 435 g/mol. The van der Waals surface area contributed by atoms with Gasteiger partial charge in [-0.25, -0.2) is 4.98 Å². The third-order valence-corrected chi connectivity index (χ3v) is 5.41. The molecule has 0 aliphatic carbocycles. The summed E-state index contributed by atoms with van der Waals surface area (Å²) in [5, 5.41) is 9.34. The Hall–Kier alpha value is -2.42. The van der Waals surface area contributed by atoms with Crippen molar-refractivity contribution in [3.63, 3.8) is 0 Å². The van der Waals surface area contributed by atoms with Crippen LogP contribution < -0.4 is 11.3 Å². The predicted molar refractivity (Wildman–Crippen MR) is 121 cm³/mol. The second-order valence-corrected chi connectivity index (χ2v) is 8.18. The van der Waals surface area contributed by atoms with Crippen molar-refractivity contribution in [3.8, 4) is 0 Å². The standard InChI is InChI=1S/C22H37N5O4/c1-2-3-4-5-6-7-8-9-10-11-18(29)31-15-16(12-13-28)14-17-24-19-20(25-17)26-22(23)27-21(19)30/h16,28H,2-15H2,1H3,(H4,23,24,25,26,27,30). The van der Waals surface area contributed by atoms with Gasteiger partial charge in [0.2, 0.25) is 5.95 Å². The summed E-state index contributed by atoms with van der Waals surface area (Å²) in [7, 11) is 0. The van der Waals surface area contributed by atoms with Crippen LogP contribution in [-0.4, -0.2) is 44.2 Å². The number of nitrogens with one attached hydrogen (secondary N) is 2. The number of nitrogens with two attached hydrogens (primary N) is 1. The summed E-state index contributed by atoms with van der Waals surface area (Å²) in [5.74, 6) is 0.246. The van der Waals surface area contributed by atoms with Crippen molar-refractivity contribution in [3.05, 3.63) is 16.2 Å². The average molecular weight is 436 g/mol. The van der Waals surface area contributed by atoms with E-state index in [2.05, 4.69) is 26.9 Å². The van der Waals surface area contributed by atoms with Gasteiger partial charge in [0, 0.05) is 25.4 Å². The fourth-order valence-electron chi connectivity index (χ4n) is 3.63. The lowest BCUT2D eigenvalue weighted by molar-refractivity contribution is -0.145. The Morgan fingerprint density at radius 3 is 2.42 bits per heavy atom. The van der Waals surface area contributed by atoms with E-state index in [9.17, 15) is 14.7 Å². The third-order valence-electron chi connectivity index (χ3n) is 5.41. The van der Waals surface area contributed by atoms with Crippen molar-refractivity contribution in [2.75, 3.05) is 18.9 Å². The summed E-state index contributed by atoms with van der Waals surface area (Å²) in [6.45, 7) is 2.41. The van der Waals surface area contributed by atoms with Gasteiger partial charge in [0.1, 0.15) is 5.82 Å². The molecule has 0 saturated carbocycles. The molecule has 5 N–H and O–H groups in total. The average Bonchev–Trinajstić information content (AvgIpc) is 3.13. The van der Waals surface area contributed by atoms with Crippen LogP contribution in [0.15, 0.2) is 4.79 Å². The van der Waals surface area contributed by atoms with Crippen molar-refractivity contribution in [2.24, 2.45) is 5.92 Å². The Kier molecular flexibility index (Phi) is 11.1. The maximum absolute atomic E-state index is 12.1. The highest BCUT2D eigenvalue weighted by molar-refractivity contribution is 5.70. The summed E-state index contributed by atoms with van der Waals surface area (Å²) < 4.78 is 5.42. The molecular formula is C22H37N5O4. The number of imidazole rings is 1. The maximum atomic E-state index is 12.1. The molecular weight excluding hydrogens is 398 g/mol. The molecule has 0 aliphatic heterocycles. The lowest BCUT2D eigenvalue weighted by Crippen LogP contribution is -2.18. The number of hydrogen-bond donors (Lipinski definition) is 4. The van der Waals surface area contributed by atoms with Crippen LogP contribution in [0.3, 0.4) is 0 Å². The Morgan fingerprint density at radius 2 is 1.74 bits per heavy atom. The van der Waals surface area contributed by atoms with Crippen LogP contribution in [0.2, 0.25) is 0 Å². The zero-order valence-corrected chi connectivity index (χ0v) is 18.6. The van der Waals surface area contributed by atoms with Crippen molar-refractivity contribution in [2.45, 2.75) is 84.0 Å². The van der Waals surface area contributed by atoms with E-state index >= 15 is 0 Å². The number of nitrogens with zero attached hydrogens (tertiary/aromatic N) is 2. The van der Waals surface area contributed by atoms with Crippen LogP contribution in [0.5, 0.6) is 0 Å². The number of nitrogen functional groups attached to an aromatic ring is 1. The van der Waals surface area contributed by atoms with E-state index in [1.165, 1.54) is 38.5 Å². The molecule has 31 heavy (non-hydrogen) atoms. The summed E-state index contributed by atoms with van der Waals surface area (Å²) in [6, 6.07) is 0. The molecule has 9 nitrogen and oxygen atoms in total. The minimum Gasteiger partial charge on any atom is -0.465 e. The van der Waals surface area contributed by atoms with Crippen LogP contribution in [0.1, 0.15) is 83.4 Å². The minimum atomic E-state index is -0.382. The first-order chi connectivity index (χ1) is 15.0. The van der Waals surface area contributed by atoms with Crippen molar-refractivity contribution >= 4 is 23.1 Å². The minimum absolute atomic E-state index is 0.00730. The molecule has 0 aliphatic rings. The topological polar surface area (TPSA) is 147 Å². The Bertz CT molecular complexity index is 848. The largest absolute Gasteiger partial charge is 0.465 e. The number of carbonyl (C=O) groups excluding carboxylic acids is 1. The van der Waals surface area contributed by atoms with Crippen LogP contribution in [0.25, 0.3) is 11.2 Å². The number of aliphatic hydroxyl groups excluding tert-OH is 1. The summed E-state index contributed by atoms with van der Waals surface area (Å²) in [6.07, 6.45) is 12.1. The van der Waals surface area contributed by atoms with Gasteiger partial charge in [0.25, 0.3) is 5.56 Å². The van der Waals surface area contributed by atoms with Gasteiger partial charge in [0.15, 0.2) is 11.2 Å². The number of unbranched alkanes of at least 4 members (excludes halogenated alkanes) is 8. The van der Waals surface area contributed by atoms with Crippen molar-refractivity contribution in [1.82, 2.24) is 19.9 Å². The number of aliphatic hydroxyl groups is 1. The smallest absolute Gasteiger partial charge is 0.305 e. The molecule has 0 aromatic carbocycles. The van der Waals surface area contributed by atoms with Gasteiger partial charge < -0.3 is 20.6 Å². The zero-order valence-electron chi connectivity index (χ0n) is 18.6. The SMILES string of the molecule is CCCCCCCCCCCC(=O)OCC(CCO)Cc1nc2nc(N)[nH]c(=O)c2[nH]1. The quantitative estimate of drug-likeness (QED) is 0.234. The van der Waals surface area contributed by atoms with Gasteiger partial charge in [-0.1, -0.05) is 58.3 Å². The van der Waals surface area contributed by atoms with Crippen LogP contribution in [-0.2, 0) is 16.0 Å². The number of fused-ring (bicyclic) bond motifs is 1. The molecule has 0 amide bonds. The summed E-state index contributed by atoms with van der Waals surface area (Å²) in [4.78, 5) is 37.6. The van der Waals surface area contributed by atoms with E-state index in [1.54, 1.807) is 0 Å². The molecule has 174 valence electrons. The van der Waals surface area contributed by atoms with Gasteiger partial charge >= 0.3 is 5.97 Å². The first kappa shape index (κ1) is 24.8. The molecule has 2 rings (SSSR count). The fraction of sp³-hybridized carbons (Fsp3) is 0.727. The fourth-order valence-corrected chi connectivity index (χ4v) is 3.63. The third kappa shape index (κ3) is 9.08. The van der Waals surface area contributed by atoms with Gasteiger partial charge in [-0.3, -0.25) is 14.6 Å². The van der Waals surface area contributed by atoms with Crippen LogP contribution in [0, 0.1) is 5.92 Å². The van der Waals surface area contributed by atoms with Crippen molar-refractivity contribution in [1.29, 1.82) is 0 Å². The molecule has 0 spiro atoms. The number of H-pyrrole nitrogens is 2. The number of ether oxygens (including phenoxy) is 1. The number of anilines is 1. The van der Waals surface area contributed by atoms with E-state index in [0.717, 1.165) is 19.3 Å². The molecule has 1 atom stereocenters. The summed E-state index contributed by atoms with van der Waals surface area (Å²) >= 11 is 0. The second-order valence-electron chi connectivity index (χ2n) is 8.18. The molecule has 2 aromatic rings.